The Morgan fingerprint density at radius 2 is 2.06 bits per heavy atom. The summed E-state index contributed by atoms with van der Waals surface area (Å²) in [7, 11) is 0. The maximum atomic E-state index is 11.4. The Kier molecular flexibility index (Phi) is 3.79. The monoisotopic (exact) mass is 232 g/mol. The van der Waals surface area contributed by atoms with Gasteiger partial charge in [-0.05, 0) is 11.5 Å². The number of hydrogen-bond acceptors (Lipinski definition) is 2. The van der Waals surface area contributed by atoms with Gasteiger partial charge in [-0.1, -0.05) is 43.7 Å². The summed E-state index contributed by atoms with van der Waals surface area (Å²) in [5.74, 6) is 0.312. The Bertz CT molecular complexity index is 377. The highest BCUT2D eigenvalue weighted by Gasteiger charge is 2.34. The first kappa shape index (κ1) is 12.1. The van der Waals surface area contributed by atoms with Crippen LogP contribution in [0.1, 0.15) is 18.9 Å². The summed E-state index contributed by atoms with van der Waals surface area (Å²) < 4.78 is 0. The van der Waals surface area contributed by atoms with Crippen LogP contribution in [0.25, 0.3) is 0 Å². The molecule has 1 fully saturated rings. The number of nitrogens with two attached hydrogens (primary N) is 1. The van der Waals surface area contributed by atoms with Crippen molar-refractivity contribution in [2.75, 3.05) is 13.1 Å². The number of carbonyl (C=O) groups is 1. The number of benzene rings is 1. The van der Waals surface area contributed by atoms with Crippen molar-refractivity contribution in [3.8, 4) is 0 Å². The van der Waals surface area contributed by atoms with E-state index in [1.807, 2.05) is 18.2 Å². The van der Waals surface area contributed by atoms with Gasteiger partial charge in [0, 0.05) is 19.6 Å². The van der Waals surface area contributed by atoms with Crippen LogP contribution < -0.4 is 5.73 Å². The van der Waals surface area contributed by atoms with E-state index in [1.54, 1.807) is 0 Å². The number of carbonyl (C=O) groups excluding carboxylic acids is 1. The van der Waals surface area contributed by atoms with Gasteiger partial charge in [0.05, 0.1) is 5.92 Å². The topological polar surface area (TPSA) is 46.3 Å². The number of likely N-dealkylation sites (tertiary alicyclic amines) is 1. The molecule has 1 amide bonds. The summed E-state index contributed by atoms with van der Waals surface area (Å²) in [4.78, 5) is 13.7. The Morgan fingerprint density at radius 1 is 1.35 bits per heavy atom. The molecule has 1 heterocycles. The average molecular weight is 232 g/mol. The molecule has 0 unspecified atom stereocenters. The Labute approximate surface area is 103 Å². The van der Waals surface area contributed by atoms with Crippen molar-refractivity contribution in [2.24, 2.45) is 17.6 Å². The molecule has 3 heteroatoms. The maximum absolute atomic E-state index is 11.4. The SMILES string of the molecule is CC[C@@H]1CN(Cc2ccccc2)C[C@H]1C(N)=O. The van der Waals surface area contributed by atoms with Gasteiger partial charge in [-0.2, -0.15) is 0 Å². The lowest BCUT2D eigenvalue weighted by molar-refractivity contribution is -0.122. The predicted molar refractivity (Wildman–Crippen MR) is 68.2 cm³/mol. The molecule has 1 aromatic rings. The smallest absolute Gasteiger partial charge is 0.222 e. The number of nitrogens with zero attached hydrogens (tertiary/aromatic N) is 1. The fourth-order valence-electron chi connectivity index (χ4n) is 2.67. The van der Waals surface area contributed by atoms with E-state index >= 15 is 0 Å². The summed E-state index contributed by atoms with van der Waals surface area (Å²) in [5.41, 5.74) is 6.75. The summed E-state index contributed by atoms with van der Waals surface area (Å²) in [5, 5.41) is 0. The first-order chi connectivity index (χ1) is 8.20. The lowest BCUT2D eigenvalue weighted by Crippen LogP contribution is -2.29. The van der Waals surface area contributed by atoms with Crippen LogP contribution >= 0.6 is 0 Å². The molecule has 3 nitrogen and oxygen atoms in total. The van der Waals surface area contributed by atoms with Crippen molar-refractivity contribution < 1.29 is 4.79 Å². The Balaban J connectivity index is 1.99. The highest BCUT2D eigenvalue weighted by Crippen LogP contribution is 2.26. The normalized spacial score (nSPS) is 25.0. The highest BCUT2D eigenvalue weighted by molar-refractivity contribution is 5.77. The molecule has 0 bridgehead atoms. The largest absolute Gasteiger partial charge is 0.369 e. The summed E-state index contributed by atoms with van der Waals surface area (Å²) in [6.07, 6.45) is 1.03. The van der Waals surface area contributed by atoms with Crippen molar-refractivity contribution in [3.63, 3.8) is 0 Å². The van der Waals surface area contributed by atoms with Gasteiger partial charge in [0.15, 0.2) is 0 Å². The van der Waals surface area contributed by atoms with Gasteiger partial charge in [-0.3, -0.25) is 9.69 Å². The number of amides is 1. The zero-order chi connectivity index (χ0) is 12.3. The third kappa shape index (κ3) is 2.86. The third-order valence-corrected chi connectivity index (χ3v) is 3.66. The van der Waals surface area contributed by atoms with E-state index in [9.17, 15) is 4.79 Å². The molecule has 0 aliphatic carbocycles. The van der Waals surface area contributed by atoms with E-state index < -0.39 is 0 Å². The second-order valence-corrected chi connectivity index (χ2v) is 4.86. The Morgan fingerprint density at radius 3 is 2.59 bits per heavy atom. The van der Waals surface area contributed by atoms with Crippen LogP contribution in [0.15, 0.2) is 30.3 Å². The second-order valence-electron chi connectivity index (χ2n) is 4.86. The zero-order valence-corrected chi connectivity index (χ0v) is 10.3. The molecule has 1 aliphatic heterocycles. The van der Waals surface area contributed by atoms with Crippen LogP contribution in [-0.2, 0) is 11.3 Å². The van der Waals surface area contributed by atoms with Crippen LogP contribution in [-0.4, -0.2) is 23.9 Å². The van der Waals surface area contributed by atoms with Crippen molar-refractivity contribution in [1.29, 1.82) is 0 Å². The number of rotatable bonds is 4. The maximum Gasteiger partial charge on any atom is 0.222 e. The van der Waals surface area contributed by atoms with E-state index in [2.05, 4.69) is 24.0 Å². The van der Waals surface area contributed by atoms with Crippen molar-refractivity contribution >= 4 is 5.91 Å². The fraction of sp³-hybridized carbons (Fsp3) is 0.500. The molecule has 0 aromatic heterocycles. The first-order valence-electron chi connectivity index (χ1n) is 6.26. The average Bonchev–Trinajstić information content (AvgIpc) is 2.73. The molecule has 1 aromatic carbocycles. The quantitative estimate of drug-likeness (QED) is 0.857. The number of primary amides is 1. The summed E-state index contributed by atoms with van der Waals surface area (Å²) >= 11 is 0. The molecule has 2 rings (SSSR count). The lowest BCUT2D eigenvalue weighted by atomic mass is 9.93. The lowest BCUT2D eigenvalue weighted by Gasteiger charge is -2.15. The predicted octanol–water partition coefficient (Wildman–Crippen LogP) is 1.63. The van der Waals surface area contributed by atoms with Gasteiger partial charge >= 0.3 is 0 Å². The van der Waals surface area contributed by atoms with Gasteiger partial charge in [0.1, 0.15) is 0 Å². The standard InChI is InChI=1S/C14H20N2O/c1-2-12-9-16(10-13(12)14(15)17)8-11-6-4-3-5-7-11/h3-7,12-13H,2,8-10H2,1H3,(H2,15,17)/t12-,13-/m1/s1. The first-order valence-corrected chi connectivity index (χ1v) is 6.26. The molecular weight excluding hydrogens is 212 g/mol. The molecule has 0 spiro atoms. The van der Waals surface area contributed by atoms with E-state index in [-0.39, 0.29) is 11.8 Å². The zero-order valence-electron chi connectivity index (χ0n) is 10.3. The Hall–Kier alpha value is -1.35. The fourth-order valence-corrected chi connectivity index (χ4v) is 2.67. The van der Waals surface area contributed by atoms with Gasteiger partial charge in [-0.15, -0.1) is 0 Å². The minimum absolute atomic E-state index is 0.0312. The van der Waals surface area contributed by atoms with E-state index in [4.69, 9.17) is 5.73 Å². The van der Waals surface area contributed by atoms with Crippen LogP contribution in [0.4, 0.5) is 0 Å². The second kappa shape index (κ2) is 5.32. The van der Waals surface area contributed by atoms with Crippen LogP contribution in [0.3, 0.4) is 0 Å². The van der Waals surface area contributed by atoms with Crippen molar-refractivity contribution in [1.82, 2.24) is 4.90 Å². The van der Waals surface area contributed by atoms with Crippen molar-refractivity contribution in [2.45, 2.75) is 19.9 Å². The molecule has 0 saturated carbocycles. The summed E-state index contributed by atoms with van der Waals surface area (Å²) in [6.45, 7) is 4.84. The van der Waals surface area contributed by atoms with E-state index in [0.717, 1.165) is 26.1 Å². The third-order valence-electron chi connectivity index (χ3n) is 3.66. The van der Waals surface area contributed by atoms with Crippen LogP contribution in [0.2, 0.25) is 0 Å². The molecule has 92 valence electrons. The van der Waals surface area contributed by atoms with Crippen molar-refractivity contribution in [3.05, 3.63) is 35.9 Å². The molecule has 2 atom stereocenters. The van der Waals surface area contributed by atoms with Gasteiger partial charge in [-0.25, -0.2) is 0 Å². The van der Waals surface area contributed by atoms with Gasteiger partial charge < -0.3 is 5.73 Å². The van der Waals surface area contributed by atoms with Crippen LogP contribution in [0.5, 0.6) is 0 Å². The molecule has 0 radical (unpaired) electrons. The molecule has 1 aliphatic rings. The molecular formula is C14H20N2O. The molecule has 17 heavy (non-hydrogen) atoms. The van der Waals surface area contributed by atoms with Gasteiger partial charge in [0.2, 0.25) is 5.91 Å². The highest BCUT2D eigenvalue weighted by atomic mass is 16.1. The van der Waals surface area contributed by atoms with Gasteiger partial charge in [0.25, 0.3) is 0 Å². The van der Waals surface area contributed by atoms with E-state index in [1.165, 1.54) is 5.56 Å². The van der Waals surface area contributed by atoms with Crippen LogP contribution in [0, 0.1) is 11.8 Å². The minimum Gasteiger partial charge on any atom is -0.369 e. The van der Waals surface area contributed by atoms with E-state index in [0.29, 0.717) is 5.92 Å². The number of hydrogen-bond donors (Lipinski definition) is 1. The summed E-state index contributed by atoms with van der Waals surface area (Å²) in [6, 6.07) is 10.4. The minimum atomic E-state index is -0.146. The molecule has 1 saturated heterocycles. The molecule has 2 N–H and O–H groups in total.